The monoisotopic (exact) mass is 492 g/mol. The number of halogens is 1. The van der Waals surface area contributed by atoms with Crippen molar-refractivity contribution in [2.24, 2.45) is 11.8 Å². The van der Waals surface area contributed by atoms with Crippen LogP contribution < -0.4 is 5.32 Å². The van der Waals surface area contributed by atoms with Crippen LogP contribution in [0.1, 0.15) is 38.7 Å². The second-order valence-electron chi connectivity index (χ2n) is 8.12. The van der Waals surface area contributed by atoms with E-state index in [-0.39, 0.29) is 37.9 Å². The third kappa shape index (κ3) is 3.43. The molecule has 31 heavy (non-hydrogen) atoms. The maximum absolute atomic E-state index is 13.5. The molecule has 2 fully saturated rings. The first-order valence-corrected chi connectivity index (χ1v) is 11.4. The molecule has 8 nitrogen and oxygen atoms in total. The standard InChI is InChI=1S/C22H25BrN2O6/c1-3-30-18(26)11-13-14(20(28)31-4-2)10-17-22(7-8-25(17)19(13)27)15-9-12(23)5-6-16(15)24-21(22)29/h5-6,9,13-14,17H,3-4,7-8,10-11H2,1-2H3,(H,24,29)/t13-,14+,17-,22-/m0/s1. The molecule has 166 valence electrons. The highest BCUT2D eigenvalue weighted by molar-refractivity contribution is 9.10. The summed E-state index contributed by atoms with van der Waals surface area (Å²) in [5.74, 6) is -3.15. The molecule has 0 bridgehead atoms. The van der Waals surface area contributed by atoms with Crippen LogP contribution in [0.15, 0.2) is 22.7 Å². The molecule has 3 aliphatic heterocycles. The van der Waals surface area contributed by atoms with E-state index >= 15 is 0 Å². The highest BCUT2D eigenvalue weighted by Gasteiger charge is 2.63. The van der Waals surface area contributed by atoms with Crippen molar-refractivity contribution >= 4 is 45.4 Å². The van der Waals surface area contributed by atoms with Crippen molar-refractivity contribution in [1.82, 2.24) is 4.90 Å². The first-order chi connectivity index (χ1) is 14.8. The lowest BCUT2D eigenvalue weighted by Gasteiger charge is -2.43. The smallest absolute Gasteiger partial charge is 0.309 e. The highest BCUT2D eigenvalue weighted by atomic mass is 79.9. The van der Waals surface area contributed by atoms with E-state index in [9.17, 15) is 19.2 Å². The number of nitrogens with zero attached hydrogens (tertiary/aromatic N) is 1. The number of piperidine rings is 1. The predicted octanol–water partition coefficient (Wildman–Crippen LogP) is 2.39. The lowest BCUT2D eigenvalue weighted by molar-refractivity contribution is -0.165. The zero-order valence-electron chi connectivity index (χ0n) is 17.5. The largest absolute Gasteiger partial charge is 0.466 e. The Morgan fingerprint density at radius 3 is 2.68 bits per heavy atom. The molecule has 1 spiro atoms. The quantitative estimate of drug-likeness (QED) is 0.633. The van der Waals surface area contributed by atoms with Gasteiger partial charge in [-0.25, -0.2) is 0 Å². The number of carbonyl (C=O) groups excluding carboxylic acids is 4. The molecule has 9 heteroatoms. The van der Waals surface area contributed by atoms with Gasteiger partial charge in [0.05, 0.1) is 42.9 Å². The fourth-order valence-electron chi connectivity index (χ4n) is 5.34. The molecule has 4 rings (SSSR count). The number of nitrogens with one attached hydrogen (secondary N) is 1. The van der Waals surface area contributed by atoms with Gasteiger partial charge < -0.3 is 19.7 Å². The second-order valence-corrected chi connectivity index (χ2v) is 9.04. The molecule has 0 radical (unpaired) electrons. The van der Waals surface area contributed by atoms with Gasteiger partial charge in [0, 0.05) is 16.7 Å². The predicted molar refractivity (Wildman–Crippen MR) is 114 cm³/mol. The molecule has 3 heterocycles. The van der Waals surface area contributed by atoms with Crippen molar-refractivity contribution in [2.75, 3.05) is 25.1 Å². The van der Waals surface area contributed by atoms with Crippen molar-refractivity contribution in [3.8, 4) is 0 Å². The van der Waals surface area contributed by atoms with Crippen LogP contribution in [-0.4, -0.2) is 54.5 Å². The molecule has 2 amide bonds. The Morgan fingerprint density at radius 2 is 1.97 bits per heavy atom. The van der Waals surface area contributed by atoms with Crippen LogP contribution in [0.5, 0.6) is 0 Å². The van der Waals surface area contributed by atoms with E-state index in [0.29, 0.717) is 13.0 Å². The van der Waals surface area contributed by atoms with Gasteiger partial charge in [-0.2, -0.15) is 0 Å². The van der Waals surface area contributed by atoms with E-state index in [1.807, 2.05) is 18.2 Å². The van der Waals surface area contributed by atoms with Crippen molar-refractivity contribution in [3.63, 3.8) is 0 Å². The summed E-state index contributed by atoms with van der Waals surface area (Å²) in [7, 11) is 0. The number of rotatable bonds is 5. The van der Waals surface area contributed by atoms with E-state index in [4.69, 9.17) is 9.47 Å². The van der Waals surface area contributed by atoms with Gasteiger partial charge in [0.1, 0.15) is 0 Å². The van der Waals surface area contributed by atoms with Crippen LogP contribution in [0.3, 0.4) is 0 Å². The molecule has 1 aromatic rings. The second kappa shape index (κ2) is 8.26. The maximum Gasteiger partial charge on any atom is 0.309 e. The minimum Gasteiger partial charge on any atom is -0.466 e. The zero-order chi connectivity index (χ0) is 22.3. The number of fused-ring (bicyclic) bond motifs is 4. The van der Waals surface area contributed by atoms with E-state index in [2.05, 4.69) is 21.2 Å². The van der Waals surface area contributed by atoms with Crippen LogP contribution in [0.2, 0.25) is 0 Å². The summed E-state index contributed by atoms with van der Waals surface area (Å²) < 4.78 is 11.1. The van der Waals surface area contributed by atoms with Gasteiger partial charge in [-0.1, -0.05) is 15.9 Å². The summed E-state index contributed by atoms with van der Waals surface area (Å²) in [5, 5.41) is 2.95. The molecule has 0 saturated carbocycles. The topological polar surface area (TPSA) is 102 Å². The first kappa shape index (κ1) is 21.8. The number of benzene rings is 1. The van der Waals surface area contributed by atoms with Gasteiger partial charge in [0.2, 0.25) is 11.8 Å². The average molecular weight is 493 g/mol. The summed E-state index contributed by atoms with van der Waals surface area (Å²) in [6.45, 7) is 4.15. The molecular weight excluding hydrogens is 468 g/mol. The SMILES string of the molecule is CCOC(=O)C[C@@H]1C(=O)N2CC[C@@]3(C(=O)Nc4ccc(Br)cc43)[C@@H]2C[C@H]1C(=O)OCC. The lowest BCUT2D eigenvalue weighted by atomic mass is 9.68. The normalized spacial score (nSPS) is 28.9. The average Bonchev–Trinajstić information content (AvgIpc) is 3.24. The Kier molecular flexibility index (Phi) is 5.81. The Balaban J connectivity index is 1.72. The van der Waals surface area contributed by atoms with Gasteiger partial charge in [-0.05, 0) is 50.5 Å². The molecule has 3 aliphatic rings. The zero-order valence-corrected chi connectivity index (χ0v) is 19.1. The summed E-state index contributed by atoms with van der Waals surface area (Å²) >= 11 is 3.48. The molecule has 0 unspecified atom stereocenters. The number of hydrogen-bond donors (Lipinski definition) is 1. The summed E-state index contributed by atoms with van der Waals surface area (Å²) in [5.41, 5.74) is 0.636. The van der Waals surface area contributed by atoms with Gasteiger partial charge in [-0.15, -0.1) is 0 Å². The van der Waals surface area contributed by atoms with E-state index < -0.39 is 35.2 Å². The fourth-order valence-corrected chi connectivity index (χ4v) is 5.70. The van der Waals surface area contributed by atoms with E-state index in [1.165, 1.54) is 0 Å². The summed E-state index contributed by atoms with van der Waals surface area (Å²) in [6.07, 6.45) is 0.537. The highest BCUT2D eigenvalue weighted by Crippen LogP contribution is 2.53. The Hall–Kier alpha value is -2.42. The van der Waals surface area contributed by atoms with Crippen LogP contribution in [0.25, 0.3) is 0 Å². The van der Waals surface area contributed by atoms with Gasteiger partial charge in [0.25, 0.3) is 0 Å². The minimum atomic E-state index is -0.922. The Morgan fingerprint density at radius 1 is 1.23 bits per heavy atom. The first-order valence-electron chi connectivity index (χ1n) is 10.6. The molecule has 1 N–H and O–H groups in total. The molecule has 0 aliphatic carbocycles. The van der Waals surface area contributed by atoms with Gasteiger partial charge in [-0.3, -0.25) is 19.2 Å². The van der Waals surface area contributed by atoms with E-state index in [1.54, 1.807) is 18.7 Å². The van der Waals surface area contributed by atoms with Gasteiger partial charge >= 0.3 is 11.9 Å². The summed E-state index contributed by atoms with van der Waals surface area (Å²) in [6, 6.07) is 5.12. The van der Waals surface area contributed by atoms with Crippen molar-refractivity contribution in [1.29, 1.82) is 0 Å². The molecular formula is C22H25BrN2O6. The maximum atomic E-state index is 13.5. The van der Waals surface area contributed by atoms with Crippen LogP contribution in [0.4, 0.5) is 5.69 Å². The lowest BCUT2D eigenvalue weighted by Crippen LogP contribution is -2.57. The van der Waals surface area contributed by atoms with Crippen molar-refractivity contribution in [3.05, 3.63) is 28.2 Å². The summed E-state index contributed by atoms with van der Waals surface area (Å²) in [4.78, 5) is 53.3. The number of ether oxygens (including phenoxy) is 2. The Labute approximate surface area is 188 Å². The van der Waals surface area contributed by atoms with Crippen LogP contribution in [0, 0.1) is 11.8 Å². The minimum absolute atomic E-state index is 0.160. The number of amides is 2. The van der Waals surface area contributed by atoms with Crippen molar-refractivity contribution < 1.29 is 28.7 Å². The van der Waals surface area contributed by atoms with Crippen LogP contribution >= 0.6 is 15.9 Å². The third-order valence-electron chi connectivity index (χ3n) is 6.65. The molecule has 1 aromatic carbocycles. The Bertz CT molecular complexity index is 950. The number of anilines is 1. The van der Waals surface area contributed by atoms with Crippen molar-refractivity contribution in [2.45, 2.75) is 44.6 Å². The third-order valence-corrected chi connectivity index (χ3v) is 7.15. The molecule has 0 aromatic heterocycles. The van der Waals surface area contributed by atoms with E-state index in [0.717, 1.165) is 15.7 Å². The fraction of sp³-hybridized carbons (Fsp3) is 0.545. The molecule has 4 atom stereocenters. The molecule has 2 saturated heterocycles. The number of carbonyl (C=O) groups is 4. The number of hydrogen-bond acceptors (Lipinski definition) is 6. The van der Waals surface area contributed by atoms with Crippen LogP contribution in [-0.2, 0) is 34.1 Å². The number of esters is 2. The van der Waals surface area contributed by atoms with Gasteiger partial charge in [0.15, 0.2) is 0 Å².